The molecular formula is C10H12N2OS. The number of anilines is 1. The maximum atomic E-state index is 4.96. The molecule has 0 unspecified atom stereocenters. The Kier molecular flexibility index (Phi) is 2.54. The minimum atomic E-state index is 0.833. The van der Waals surface area contributed by atoms with Crippen molar-refractivity contribution < 1.29 is 4.52 Å². The standard InChI is InChI=1S/C10H12N2OS/c1-7-3-4-14-10(7)6-11-9-5-12-13-8(9)2/h3-5,11H,6H2,1-2H3. The van der Waals surface area contributed by atoms with Crippen molar-refractivity contribution >= 4 is 17.0 Å². The van der Waals surface area contributed by atoms with E-state index < -0.39 is 0 Å². The van der Waals surface area contributed by atoms with Crippen molar-refractivity contribution in [2.24, 2.45) is 0 Å². The lowest BCUT2D eigenvalue weighted by atomic mass is 10.3. The number of thiophene rings is 1. The predicted molar refractivity (Wildman–Crippen MR) is 57.6 cm³/mol. The fourth-order valence-corrected chi connectivity index (χ4v) is 2.07. The van der Waals surface area contributed by atoms with Crippen LogP contribution in [0.4, 0.5) is 5.69 Å². The lowest BCUT2D eigenvalue weighted by Gasteiger charge is -2.02. The molecule has 2 aromatic heterocycles. The van der Waals surface area contributed by atoms with E-state index in [9.17, 15) is 0 Å². The number of hydrogen-bond donors (Lipinski definition) is 1. The summed E-state index contributed by atoms with van der Waals surface area (Å²) in [7, 11) is 0. The molecule has 0 saturated heterocycles. The van der Waals surface area contributed by atoms with Crippen molar-refractivity contribution in [1.29, 1.82) is 0 Å². The third-order valence-electron chi connectivity index (χ3n) is 2.16. The van der Waals surface area contributed by atoms with Gasteiger partial charge >= 0.3 is 0 Å². The molecule has 0 aromatic carbocycles. The number of hydrogen-bond acceptors (Lipinski definition) is 4. The summed E-state index contributed by atoms with van der Waals surface area (Å²) in [5.41, 5.74) is 2.30. The van der Waals surface area contributed by atoms with E-state index in [2.05, 4.69) is 28.8 Å². The van der Waals surface area contributed by atoms with Gasteiger partial charge < -0.3 is 9.84 Å². The van der Waals surface area contributed by atoms with E-state index in [-0.39, 0.29) is 0 Å². The minimum absolute atomic E-state index is 0.833. The van der Waals surface area contributed by atoms with Crippen molar-refractivity contribution in [3.8, 4) is 0 Å². The molecule has 1 N–H and O–H groups in total. The van der Waals surface area contributed by atoms with E-state index in [4.69, 9.17) is 4.52 Å². The van der Waals surface area contributed by atoms with Gasteiger partial charge in [-0.1, -0.05) is 5.16 Å². The normalized spacial score (nSPS) is 10.4. The van der Waals surface area contributed by atoms with Gasteiger partial charge in [0.15, 0.2) is 5.76 Å². The first-order valence-electron chi connectivity index (χ1n) is 4.45. The Morgan fingerprint density at radius 1 is 1.50 bits per heavy atom. The molecule has 0 bridgehead atoms. The fraction of sp³-hybridized carbons (Fsp3) is 0.300. The Balaban J connectivity index is 2.02. The molecule has 0 aliphatic rings. The summed E-state index contributed by atoms with van der Waals surface area (Å²) < 4.78 is 4.96. The first-order valence-corrected chi connectivity index (χ1v) is 5.33. The molecule has 3 nitrogen and oxygen atoms in total. The molecule has 0 aliphatic carbocycles. The van der Waals surface area contributed by atoms with Gasteiger partial charge in [-0.2, -0.15) is 0 Å². The van der Waals surface area contributed by atoms with Crippen molar-refractivity contribution in [2.75, 3.05) is 5.32 Å². The Labute approximate surface area is 86.7 Å². The van der Waals surface area contributed by atoms with Crippen LogP contribution in [-0.2, 0) is 6.54 Å². The SMILES string of the molecule is Cc1ccsc1CNc1cnoc1C. The van der Waals surface area contributed by atoms with Gasteiger partial charge in [0, 0.05) is 11.4 Å². The third-order valence-corrected chi connectivity index (χ3v) is 3.18. The van der Waals surface area contributed by atoms with Gasteiger partial charge in [0.1, 0.15) is 0 Å². The number of nitrogens with zero attached hydrogens (tertiary/aromatic N) is 1. The Hall–Kier alpha value is -1.29. The van der Waals surface area contributed by atoms with Gasteiger partial charge in [-0.15, -0.1) is 11.3 Å². The summed E-state index contributed by atoms with van der Waals surface area (Å²) >= 11 is 1.76. The van der Waals surface area contributed by atoms with E-state index in [1.165, 1.54) is 10.4 Å². The summed E-state index contributed by atoms with van der Waals surface area (Å²) in [5.74, 6) is 0.833. The molecule has 4 heteroatoms. The molecule has 0 saturated carbocycles. The molecule has 2 rings (SSSR count). The quantitative estimate of drug-likeness (QED) is 0.842. The largest absolute Gasteiger partial charge is 0.376 e. The van der Waals surface area contributed by atoms with E-state index >= 15 is 0 Å². The first kappa shape index (κ1) is 9.27. The molecule has 14 heavy (non-hydrogen) atoms. The van der Waals surface area contributed by atoms with Crippen LogP contribution in [0.2, 0.25) is 0 Å². The van der Waals surface area contributed by atoms with E-state index in [0.29, 0.717) is 0 Å². The van der Waals surface area contributed by atoms with E-state index in [1.54, 1.807) is 17.5 Å². The lowest BCUT2D eigenvalue weighted by Crippen LogP contribution is -1.98. The van der Waals surface area contributed by atoms with Crippen molar-refractivity contribution in [2.45, 2.75) is 20.4 Å². The highest BCUT2D eigenvalue weighted by Gasteiger charge is 2.03. The molecule has 0 atom stereocenters. The van der Waals surface area contributed by atoms with Crippen molar-refractivity contribution in [3.63, 3.8) is 0 Å². The predicted octanol–water partition coefficient (Wildman–Crippen LogP) is 2.97. The summed E-state index contributed by atoms with van der Waals surface area (Å²) in [5, 5.41) is 9.10. The smallest absolute Gasteiger partial charge is 0.156 e. The average Bonchev–Trinajstić information content (AvgIpc) is 2.72. The highest BCUT2D eigenvalue weighted by Crippen LogP contribution is 2.19. The van der Waals surface area contributed by atoms with Gasteiger partial charge in [-0.05, 0) is 30.9 Å². The van der Waals surface area contributed by atoms with Gasteiger partial charge in [-0.25, -0.2) is 0 Å². The highest BCUT2D eigenvalue weighted by molar-refractivity contribution is 7.10. The summed E-state index contributed by atoms with van der Waals surface area (Å²) in [6, 6.07) is 2.13. The number of aryl methyl sites for hydroxylation is 2. The lowest BCUT2D eigenvalue weighted by molar-refractivity contribution is 0.398. The second-order valence-electron chi connectivity index (χ2n) is 3.18. The second kappa shape index (κ2) is 3.84. The minimum Gasteiger partial charge on any atom is -0.376 e. The van der Waals surface area contributed by atoms with Crippen LogP contribution in [0.3, 0.4) is 0 Å². The molecule has 0 fully saturated rings. The average molecular weight is 208 g/mol. The summed E-state index contributed by atoms with van der Waals surface area (Å²) in [4.78, 5) is 1.35. The van der Waals surface area contributed by atoms with Crippen LogP contribution in [0.15, 0.2) is 22.2 Å². The molecular weight excluding hydrogens is 196 g/mol. The van der Waals surface area contributed by atoms with Gasteiger partial charge in [0.2, 0.25) is 0 Å². The number of rotatable bonds is 3. The van der Waals surface area contributed by atoms with Crippen LogP contribution >= 0.6 is 11.3 Å². The second-order valence-corrected chi connectivity index (χ2v) is 4.18. The first-order chi connectivity index (χ1) is 6.77. The molecule has 74 valence electrons. The zero-order chi connectivity index (χ0) is 9.97. The van der Waals surface area contributed by atoms with Crippen LogP contribution in [0, 0.1) is 13.8 Å². The van der Waals surface area contributed by atoms with Crippen LogP contribution in [0.25, 0.3) is 0 Å². The summed E-state index contributed by atoms with van der Waals surface area (Å²) in [6.45, 7) is 4.86. The van der Waals surface area contributed by atoms with Crippen molar-refractivity contribution in [3.05, 3.63) is 33.8 Å². The monoisotopic (exact) mass is 208 g/mol. The highest BCUT2D eigenvalue weighted by atomic mass is 32.1. The van der Waals surface area contributed by atoms with Gasteiger partial charge in [0.05, 0.1) is 11.9 Å². The fourth-order valence-electron chi connectivity index (χ4n) is 1.23. The van der Waals surface area contributed by atoms with Crippen LogP contribution < -0.4 is 5.32 Å². The number of aromatic nitrogens is 1. The van der Waals surface area contributed by atoms with E-state index in [1.807, 2.05) is 6.92 Å². The van der Waals surface area contributed by atoms with Gasteiger partial charge in [0.25, 0.3) is 0 Å². The molecule has 0 aliphatic heterocycles. The summed E-state index contributed by atoms with van der Waals surface area (Å²) in [6.07, 6.45) is 1.71. The molecule has 0 spiro atoms. The van der Waals surface area contributed by atoms with E-state index in [0.717, 1.165) is 18.0 Å². The molecule has 2 aromatic rings. The van der Waals surface area contributed by atoms with Crippen LogP contribution in [-0.4, -0.2) is 5.16 Å². The molecule has 0 radical (unpaired) electrons. The molecule has 0 amide bonds. The van der Waals surface area contributed by atoms with Crippen LogP contribution in [0.1, 0.15) is 16.2 Å². The zero-order valence-corrected chi connectivity index (χ0v) is 9.02. The zero-order valence-electron chi connectivity index (χ0n) is 8.20. The number of nitrogens with one attached hydrogen (secondary N) is 1. The van der Waals surface area contributed by atoms with Crippen molar-refractivity contribution in [1.82, 2.24) is 5.16 Å². The topological polar surface area (TPSA) is 38.1 Å². The Bertz CT molecular complexity index is 379. The van der Waals surface area contributed by atoms with Crippen LogP contribution in [0.5, 0.6) is 0 Å². The maximum Gasteiger partial charge on any atom is 0.156 e. The molecule has 2 heterocycles. The Morgan fingerprint density at radius 2 is 2.36 bits per heavy atom. The third kappa shape index (κ3) is 1.80. The maximum absolute atomic E-state index is 4.96. The van der Waals surface area contributed by atoms with Gasteiger partial charge in [-0.3, -0.25) is 0 Å². The Morgan fingerprint density at radius 3 is 2.93 bits per heavy atom.